The molecule has 0 aliphatic carbocycles. The summed E-state index contributed by atoms with van der Waals surface area (Å²) in [6.45, 7) is 5.49. The van der Waals surface area contributed by atoms with Gasteiger partial charge < -0.3 is 20.9 Å². The molecule has 4 N–H and O–H groups in total. The third-order valence-corrected chi connectivity index (χ3v) is 4.80. The first kappa shape index (κ1) is 22.9. The van der Waals surface area contributed by atoms with Gasteiger partial charge in [-0.3, -0.25) is 14.7 Å². The van der Waals surface area contributed by atoms with Crippen molar-refractivity contribution < 1.29 is 19.1 Å². The largest absolute Gasteiger partial charge is 0.454 e. The number of halogens is 1. The highest BCUT2D eigenvalue weighted by Crippen LogP contribution is 2.16. The van der Waals surface area contributed by atoms with Gasteiger partial charge in [-0.25, -0.2) is 4.79 Å². The first-order valence-corrected chi connectivity index (χ1v) is 9.85. The molecule has 0 radical (unpaired) electrons. The Hall–Kier alpha value is -2.42. The predicted molar refractivity (Wildman–Crippen MR) is 112 cm³/mol. The molecule has 1 aliphatic heterocycles. The van der Waals surface area contributed by atoms with Crippen LogP contribution < -0.4 is 11.5 Å². The summed E-state index contributed by atoms with van der Waals surface area (Å²) in [5.74, 6) is -1.19. The van der Waals surface area contributed by atoms with Crippen LogP contribution in [0.4, 0.5) is 0 Å². The molecule has 158 valence electrons. The Morgan fingerprint density at radius 1 is 1.24 bits per heavy atom. The van der Waals surface area contributed by atoms with E-state index in [4.69, 9.17) is 32.5 Å². The van der Waals surface area contributed by atoms with E-state index in [0.29, 0.717) is 37.7 Å². The van der Waals surface area contributed by atoms with E-state index in [-0.39, 0.29) is 22.7 Å². The number of nitrogens with two attached hydrogens (primary N) is 2. The molecule has 1 aliphatic rings. The van der Waals surface area contributed by atoms with Crippen LogP contribution in [-0.4, -0.2) is 68.5 Å². The van der Waals surface area contributed by atoms with Crippen LogP contribution in [0.15, 0.2) is 40.5 Å². The first-order chi connectivity index (χ1) is 13.9. The number of hydrogen-bond donors (Lipinski definition) is 2. The van der Waals surface area contributed by atoms with E-state index in [0.717, 1.165) is 13.1 Å². The molecule has 1 aromatic carbocycles. The van der Waals surface area contributed by atoms with Crippen molar-refractivity contribution >= 4 is 29.2 Å². The summed E-state index contributed by atoms with van der Waals surface area (Å²) < 4.78 is 10.4. The van der Waals surface area contributed by atoms with Gasteiger partial charge in [0.1, 0.15) is 11.4 Å². The minimum atomic E-state index is -0.780. The number of amidine groups is 1. The number of ketones is 1. The summed E-state index contributed by atoms with van der Waals surface area (Å²) in [4.78, 5) is 31.3. The van der Waals surface area contributed by atoms with Gasteiger partial charge in [-0.05, 0) is 18.6 Å². The van der Waals surface area contributed by atoms with Gasteiger partial charge in [0.2, 0.25) is 5.78 Å². The van der Waals surface area contributed by atoms with Gasteiger partial charge in [0.25, 0.3) is 0 Å². The number of hydrogen-bond acceptors (Lipinski definition) is 7. The number of morpholine rings is 1. The Balaban J connectivity index is 1.99. The average molecular weight is 423 g/mol. The number of carbonyl (C=O) groups excluding carboxylic acids is 2. The standard InChI is InChI=1S/C20H27ClN4O4/c1-2-16(22)18(19(23)24-7-8-25-9-11-28-12-10-25)20(27)29-13-17(26)14-5-3-4-6-15(14)21/h3-6H,2,7-13,22H2,1H3,(H2,23,24). The monoisotopic (exact) mass is 422 g/mol. The van der Waals surface area contributed by atoms with Crippen LogP contribution in [0.1, 0.15) is 23.7 Å². The number of ether oxygens (including phenoxy) is 2. The first-order valence-electron chi connectivity index (χ1n) is 9.47. The molecule has 8 nitrogen and oxygen atoms in total. The van der Waals surface area contributed by atoms with Crippen LogP contribution in [0.3, 0.4) is 0 Å². The molecule has 0 spiro atoms. The summed E-state index contributed by atoms with van der Waals surface area (Å²) in [5.41, 5.74) is 12.5. The van der Waals surface area contributed by atoms with Crippen molar-refractivity contribution in [2.24, 2.45) is 16.5 Å². The predicted octanol–water partition coefficient (Wildman–Crippen LogP) is 1.38. The van der Waals surface area contributed by atoms with E-state index in [2.05, 4.69) is 9.89 Å². The van der Waals surface area contributed by atoms with E-state index in [1.807, 2.05) is 0 Å². The SMILES string of the molecule is CCC(N)=C(C(=O)OCC(=O)c1ccccc1Cl)C(N)=NCCN1CCOCC1. The third kappa shape index (κ3) is 6.85. The fourth-order valence-electron chi connectivity index (χ4n) is 2.76. The number of aliphatic imine (C=N–C) groups is 1. The zero-order valence-corrected chi connectivity index (χ0v) is 17.3. The highest BCUT2D eigenvalue weighted by Gasteiger charge is 2.21. The molecule has 1 heterocycles. The molecule has 0 unspecified atom stereocenters. The van der Waals surface area contributed by atoms with Crippen LogP contribution in [0.2, 0.25) is 5.02 Å². The molecule has 0 atom stereocenters. The second kappa shape index (κ2) is 11.5. The summed E-state index contributed by atoms with van der Waals surface area (Å²) >= 11 is 6.00. The van der Waals surface area contributed by atoms with E-state index in [9.17, 15) is 9.59 Å². The van der Waals surface area contributed by atoms with Crippen molar-refractivity contribution in [3.05, 3.63) is 46.1 Å². The Morgan fingerprint density at radius 2 is 1.93 bits per heavy atom. The van der Waals surface area contributed by atoms with E-state index >= 15 is 0 Å². The van der Waals surface area contributed by atoms with Gasteiger partial charge in [0, 0.05) is 30.9 Å². The highest BCUT2D eigenvalue weighted by atomic mass is 35.5. The lowest BCUT2D eigenvalue weighted by Gasteiger charge is -2.25. The normalized spacial score (nSPS) is 16.3. The summed E-state index contributed by atoms with van der Waals surface area (Å²) in [6, 6.07) is 6.55. The smallest absolute Gasteiger partial charge is 0.344 e. The molecular formula is C20H27ClN4O4. The topological polar surface area (TPSA) is 120 Å². The molecule has 9 heteroatoms. The molecule has 0 bridgehead atoms. The summed E-state index contributed by atoms with van der Waals surface area (Å²) in [5, 5.41) is 0.293. The zero-order valence-electron chi connectivity index (χ0n) is 16.5. The highest BCUT2D eigenvalue weighted by molar-refractivity contribution is 6.34. The molecule has 2 rings (SSSR count). The van der Waals surface area contributed by atoms with Crippen molar-refractivity contribution in [3.63, 3.8) is 0 Å². The average Bonchev–Trinajstić information content (AvgIpc) is 2.73. The van der Waals surface area contributed by atoms with Crippen molar-refractivity contribution in [3.8, 4) is 0 Å². The van der Waals surface area contributed by atoms with Crippen LogP contribution in [0.25, 0.3) is 0 Å². The molecule has 1 saturated heterocycles. The number of esters is 1. The number of nitrogens with zero attached hydrogens (tertiary/aromatic N) is 2. The van der Waals surface area contributed by atoms with Crippen molar-refractivity contribution in [2.75, 3.05) is 46.0 Å². The number of rotatable bonds is 9. The van der Waals surface area contributed by atoms with Gasteiger partial charge in [0.15, 0.2) is 6.61 Å². The van der Waals surface area contributed by atoms with E-state index in [1.165, 1.54) is 0 Å². The minimum Gasteiger partial charge on any atom is -0.454 e. The third-order valence-electron chi connectivity index (χ3n) is 4.47. The van der Waals surface area contributed by atoms with Crippen molar-refractivity contribution in [1.82, 2.24) is 4.90 Å². The zero-order chi connectivity index (χ0) is 21.2. The van der Waals surface area contributed by atoms with Crippen LogP contribution >= 0.6 is 11.6 Å². The quantitative estimate of drug-likeness (QED) is 0.203. The lowest BCUT2D eigenvalue weighted by Crippen LogP contribution is -2.38. The summed E-state index contributed by atoms with van der Waals surface area (Å²) in [6.07, 6.45) is 0.391. The van der Waals surface area contributed by atoms with Gasteiger partial charge >= 0.3 is 5.97 Å². The Bertz CT molecular complexity index is 788. The fraction of sp³-hybridized carbons (Fsp3) is 0.450. The Labute approximate surface area is 175 Å². The lowest BCUT2D eigenvalue weighted by atomic mass is 10.1. The maximum atomic E-state index is 12.5. The van der Waals surface area contributed by atoms with Crippen LogP contribution in [0.5, 0.6) is 0 Å². The van der Waals surface area contributed by atoms with Crippen molar-refractivity contribution in [1.29, 1.82) is 0 Å². The lowest BCUT2D eigenvalue weighted by molar-refractivity contribution is -0.137. The second-order valence-electron chi connectivity index (χ2n) is 6.45. The van der Waals surface area contributed by atoms with Gasteiger partial charge in [-0.2, -0.15) is 0 Å². The molecule has 1 fully saturated rings. The molecule has 29 heavy (non-hydrogen) atoms. The fourth-order valence-corrected chi connectivity index (χ4v) is 3.00. The van der Waals surface area contributed by atoms with Gasteiger partial charge in [0.05, 0.1) is 24.8 Å². The van der Waals surface area contributed by atoms with Crippen LogP contribution in [-0.2, 0) is 14.3 Å². The van der Waals surface area contributed by atoms with E-state index in [1.54, 1.807) is 31.2 Å². The number of benzene rings is 1. The maximum Gasteiger partial charge on any atom is 0.344 e. The number of Topliss-reactive ketones (excluding diaryl/α,β-unsaturated/α-hetero) is 1. The van der Waals surface area contributed by atoms with Crippen LogP contribution in [0, 0.1) is 0 Å². The maximum absolute atomic E-state index is 12.5. The molecule has 0 saturated carbocycles. The van der Waals surface area contributed by atoms with E-state index < -0.39 is 18.4 Å². The molecular weight excluding hydrogens is 396 g/mol. The Kier molecular flexibility index (Phi) is 9.11. The minimum absolute atomic E-state index is 0.00133. The summed E-state index contributed by atoms with van der Waals surface area (Å²) in [7, 11) is 0. The number of allylic oxidation sites excluding steroid dienone is 1. The van der Waals surface area contributed by atoms with Crippen molar-refractivity contribution in [2.45, 2.75) is 13.3 Å². The van der Waals surface area contributed by atoms with Gasteiger partial charge in [-0.1, -0.05) is 30.7 Å². The van der Waals surface area contributed by atoms with Gasteiger partial charge in [-0.15, -0.1) is 0 Å². The molecule has 0 amide bonds. The Morgan fingerprint density at radius 3 is 2.59 bits per heavy atom. The second-order valence-corrected chi connectivity index (χ2v) is 6.86. The molecule has 0 aromatic heterocycles. The number of carbonyl (C=O) groups is 2. The molecule has 1 aromatic rings.